The minimum atomic E-state index is 0.233. The average Bonchev–Trinajstić information content (AvgIpc) is 2.95. The van der Waals surface area contributed by atoms with Gasteiger partial charge in [-0.25, -0.2) is 9.97 Å². The summed E-state index contributed by atoms with van der Waals surface area (Å²) < 4.78 is 0. The average molecular weight is 289 g/mol. The number of nitrogens with two attached hydrogens (primary N) is 1. The molecule has 1 saturated heterocycles. The molecule has 0 atom stereocenters. The van der Waals surface area contributed by atoms with Crippen molar-refractivity contribution in [1.29, 1.82) is 0 Å². The summed E-state index contributed by atoms with van der Waals surface area (Å²) >= 11 is 1.29. The van der Waals surface area contributed by atoms with Gasteiger partial charge in [0.1, 0.15) is 0 Å². The second-order valence-corrected chi connectivity index (χ2v) is 5.55. The van der Waals surface area contributed by atoms with Gasteiger partial charge in [-0.15, -0.1) is 0 Å². The summed E-state index contributed by atoms with van der Waals surface area (Å²) in [5.41, 5.74) is 6.78. The molecule has 0 amide bonds. The van der Waals surface area contributed by atoms with E-state index in [-0.39, 0.29) is 5.95 Å². The maximum Gasteiger partial charge on any atom is 0.231 e. The molecule has 1 aliphatic heterocycles. The van der Waals surface area contributed by atoms with E-state index in [1.807, 2.05) is 6.92 Å². The van der Waals surface area contributed by atoms with Crippen LogP contribution in [0.2, 0.25) is 0 Å². The van der Waals surface area contributed by atoms with E-state index in [0.717, 1.165) is 31.5 Å². The number of hydrogen-bond acceptors (Lipinski definition) is 8. The quantitative estimate of drug-likeness (QED) is 0.845. The van der Waals surface area contributed by atoms with Gasteiger partial charge in [-0.3, -0.25) is 0 Å². The zero-order valence-electron chi connectivity index (χ0n) is 11.2. The number of nitrogen functional groups attached to an aromatic ring is 1. The Hall–Kier alpha value is -1.96. The summed E-state index contributed by atoms with van der Waals surface area (Å²) in [5.74, 6) is 0.876. The Morgan fingerprint density at radius 2 is 1.75 bits per heavy atom. The number of rotatable bonds is 3. The summed E-state index contributed by atoms with van der Waals surface area (Å²) in [7, 11) is 0. The molecule has 2 N–H and O–H groups in total. The van der Waals surface area contributed by atoms with Gasteiger partial charge in [0, 0.05) is 25.5 Å². The third-order valence-electron chi connectivity index (χ3n) is 2.95. The highest BCUT2D eigenvalue weighted by atomic mass is 32.2. The first-order valence-corrected chi connectivity index (χ1v) is 7.25. The first kappa shape index (κ1) is 13.0. The standard InChI is InChI=1S/C12H15N7S/c1-8-6-14-11(15-7-8)20-12-17-9(13)16-10(18-12)19-4-2-3-5-19/h6-7H,2-5H2,1H3,(H2,13,16,17,18). The van der Waals surface area contributed by atoms with Crippen molar-refractivity contribution >= 4 is 23.7 Å². The Balaban J connectivity index is 1.83. The van der Waals surface area contributed by atoms with Gasteiger partial charge in [0.05, 0.1) is 0 Å². The molecule has 0 aromatic carbocycles. The molecule has 0 spiro atoms. The Morgan fingerprint density at radius 1 is 1.05 bits per heavy atom. The van der Waals surface area contributed by atoms with Crippen LogP contribution in [0, 0.1) is 6.92 Å². The fraction of sp³-hybridized carbons (Fsp3) is 0.417. The number of aryl methyl sites for hydroxylation is 1. The lowest BCUT2D eigenvalue weighted by Crippen LogP contribution is -2.21. The van der Waals surface area contributed by atoms with Gasteiger partial charge >= 0.3 is 0 Å². The van der Waals surface area contributed by atoms with Crippen LogP contribution in [-0.2, 0) is 0 Å². The first-order valence-electron chi connectivity index (χ1n) is 6.44. The van der Waals surface area contributed by atoms with Gasteiger partial charge in [-0.05, 0) is 37.1 Å². The molecule has 0 saturated carbocycles. The third-order valence-corrected chi connectivity index (χ3v) is 3.71. The minimum absolute atomic E-state index is 0.233. The molecule has 0 bridgehead atoms. The molecule has 3 heterocycles. The van der Waals surface area contributed by atoms with Crippen LogP contribution in [-0.4, -0.2) is 38.0 Å². The number of anilines is 2. The largest absolute Gasteiger partial charge is 0.368 e. The molecule has 104 valence electrons. The fourth-order valence-corrected chi connectivity index (χ4v) is 2.62. The van der Waals surface area contributed by atoms with E-state index < -0.39 is 0 Å². The monoisotopic (exact) mass is 289 g/mol. The molecule has 8 heteroatoms. The molecule has 20 heavy (non-hydrogen) atoms. The molecule has 2 aromatic heterocycles. The molecule has 1 aliphatic rings. The van der Waals surface area contributed by atoms with Crippen LogP contribution in [0.25, 0.3) is 0 Å². The van der Waals surface area contributed by atoms with Crippen LogP contribution in [0.3, 0.4) is 0 Å². The Morgan fingerprint density at radius 3 is 2.45 bits per heavy atom. The smallest absolute Gasteiger partial charge is 0.231 e. The predicted octanol–water partition coefficient (Wildman–Crippen LogP) is 1.30. The molecule has 0 aliphatic carbocycles. The van der Waals surface area contributed by atoms with Crippen molar-refractivity contribution in [3.63, 3.8) is 0 Å². The summed E-state index contributed by atoms with van der Waals surface area (Å²) in [6, 6.07) is 0. The minimum Gasteiger partial charge on any atom is -0.368 e. The zero-order chi connectivity index (χ0) is 13.9. The fourth-order valence-electron chi connectivity index (χ4n) is 1.98. The summed E-state index contributed by atoms with van der Waals surface area (Å²) in [5, 5.41) is 1.14. The molecular formula is C12H15N7S. The van der Waals surface area contributed by atoms with Crippen LogP contribution in [0.4, 0.5) is 11.9 Å². The van der Waals surface area contributed by atoms with Gasteiger partial charge < -0.3 is 10.6 Å². The van der Waals surface area contributed by atoms with Crippen molar-refractivity contribution in [2.75, 3.05) is 23.7 Å². The van der Waals surface area contributed by atoms with Gasteiger partial charge in [-0.1, -0.05) is 0 Å². The highest BCUT2D eigenvalue weighted by Gasteiger charge is 2.17. The van der Waals surface area contributed by atoms with E-state index in [4.69, 9.17) is 5.73 Å². The van der Waals surface area contributed by atoms with Crippen LogP contribution < -0.4 is 10.6 Å². The van der Waals surface area contributed by atoms with Crippen LogP contribution in [0.5, 0.6) is 0 Å². The summed E-state index contributed by atoms with van der Waals surface area (Å²) in [6.07, 6.45) is 5.85. The van der Waals surface area contributed by atoms with E-state index >= 15 is 0 Å². The normalized spacial score (nSPS) is 14.8. The van der Waals surface area contributed by atoms with Crippen molar-refractivity contribution in [3.05, 3.63) is 18.0 Å². The number of aromatic nitrogens is 5. The van der Waals surface area contributed by atoms with Gasteiger partial charge in [0.2, 0.25) is 17.1 Å². The van der Waals surface area contributed by atoms with E-state index in [2.05, 4.69) is 29.8 Å². The van der Waals surface area contributed by atoms with Gasteiger partial charge in [-0.2, -0.15) is 15.0 Å². The van der Waals surface area contributed by atoms with Crippen LogP contribution in [0.1, 0.15) is 18.4 Å². The van der Waals surface area contributed by atoms with Crippen LogP contribution in [0.15, 0.2) is 22.7 Å². The lowest BCUT2D eigenvalue weighted by Gasteiger charge is -2.15. The van der Waals surface area contributed by atoms with E-state index in [1.54, 1.807) is 12.4 Å². The third kappa shape index (κ3) is 2.96. The van der Waals surface area contributed by atoms with Crippen molar-refractivity contribution in [2.24, 2.45) is 0 Å². The number of nitrogens with zero attached hydrogens (tertiary/aromatic N) is 6. The molecular weight excluding hydrogens is 274 g/mol. The maximum absolute atomic E-state index is 5.76. The summed E-state index contributed by atoms with van der Waals surface area (Å²) in [6.45, 7) is 3.88. The van der Waals surface area contributed by atoms with E-state index in [0.29, 0.717) is 16.3 Å². The molecule has 7 nitrogen and oxygen atoms in total. The zero-order valence-corrected chi connectivity index (χ0v) is 12.0. The SMILES string of the molecule is Cc1cnc(Sc2nc(N)nc(N3CCCC3)n2)nc1. The van der Waals surface area contributed by atoms with E-state index in [9.17, 15) is 0 Å². The Kier molecular flexibility index (Phi) is 3.64. The van der Waals surface area contributed by atoms with Crippen molar-refractivity contribution in [2.45, 2.75) is 30.1 Å². The second kappa shape index (κ2) is 5.58. The first-order chi connectivity index (χ1) is 9.70. The second-order valence-electron chi connectivity index (χ2n) is 4.62. The highest BCUT2D eigenvalue weighted by molar-refractivity contribution is 7.99. The molecule has 0 radical (unpaired) electrons. The van der Waals surface area contributed by atoms with Gasteiger partial charge in [0.15, 0.2) is 5.16 Å². The Labute approximate surface area is 121 Å². The topological polar surface area (TPSA) is 93.7 Å². The highest BCUT2D eigenvalue weighted by Crippen LogP contribution is 2.24. The molecule has 3 rings (SSSR count). The molecule has 2 aromatic rings. The number of hydrogen-bond donors (Lipinski definition) is 1. The van der Waals surface area contributed by atoms with Gasteiger partial charge in [0.25, 0.3) is 0 Å². The lowest BCUT2D eigenvalue weighted by atomic mass is 10.4. The van der Waals surface area contributed by atoms with Crippen molar-refractivity contribution < 1.29 is 0 Å². The predicted molar refractivity (Wildman–Crippen MR) is 76.6 cm³/mol. The molecule has 0 unspecified atom stereocenters. The van der Waals surface area contributed by atoms with E-state index in [1.165, 1.54) is 11.8 Å². The van der Waals surface area contributed by atoms with Crippen molar-refractivity contribution in [1.82, 2.24) is 24.9 Å². The Bertz CT molecular complexity index is 595. The van der Waals surface area contributed by atoms with Crippen molar-refractivity contribution in [3.8, 4) is 0 Å². The summed E-state index contributed by atoms with van der Waals surface area (Å²) in [4.78, 5) is 23.4. The lowest BCUT2D eigenvalue weighted by molar-refractivity contribution is 0.829. The molecule has 1 fully saturated rings. The van der Waals surface area contributed by atoms with Crippen LogP contribution >= 0.6 is 11.8 Å². The maximum atomic E-state index is 5.76.